The van der Waals surface area contributed by atoms with Gasteiger partial charge in [0.25, 0.3) is 5.91 Å². The maximum atomic E-state index is 12.7. The van der Waals surface area contributed by atoms with E-state index >= 15 is 0 Å². The van der Waals surface area contributed by atoms with Gasteiger partial charge in [0, 0.05) is 19.1 Å². The van der Waals surface area contributed by atoms with Crippen LogP contribution in [0, 0.1) is 0 Å². The van der Waals surface area contributed by atoms with Crippen molar-refractivity contribution < 1.29 is 18.0 Å². The summed E-state index contributed by atoms with van der Waals surface area (Å²) in [6, 6.07) is 1.67. The number of primary amides is 1. The highest BCUT2D eigenvalue weighted by atomic mass is 19.4. The number of pyridine rings is 1. The van der Waals surface area contributed by atoms with Crippen LogP contribution < -0.4 is 16.4 Å². The summed E-state index contributed by atoms with van der Waals surface area (Å²) >= 11 is 0. The first kappa shape index (κ1) is 14.6. The monoisotopic (exact) mass is 288 g/mol. The normalized spacial score (nSPS) is 20.0. The van der Waals surface area contributed by atoms with Crippen molar-refractivity contribution in [1.29, 1.82) is 0 Å². The van der Waals surface area contributed by atoms with E-state index in [1.807, 2.05) is 0 Å². The van der Waals surface area contributed by atoms with Crippen molar-refractivity contribution in [2.24, 2.45) is 11.5 Å². The Labute approximate surface area is 113 Å². The fourth-order valence-corrected chi connectivity index (χ4v) is 2.24. The van der Waals surface area contributed by atoms with E-state index in [1.54, 1.807) is 4.90 Å². The Morgan fingerprint density at radius 2 is 2.10 bits per heavy atom. The molecule has 1 saturated heterocycles. The number of nitrogens with zero attached hydrogens (tertiary/aromatic N) is 2. The second-order valence-corrected chi connectivity index (χ2v) is 4.78. The zero-order valence-corrected chi connectivity index (χ0v) is 10.7. The van der Waals surface area contributed by atoms with E-state index in [4.69, 9.17) is 11.5 Å². The van der Waals surface area contributed by atoms with Gasteiger partial charge in [-0.1, -0.05) is 0 Å². The first-order chi connectivity index (χ1) is 9.29. The van der Waals surface area contributed by atoms with Crippen molar-refractivity contribution in [1.82, 2.24) is 4.98 Å². The van der Waals surface area contributed by atoms with Crippen LogP contribution in [0.15, 0.2) is 12.1 Å². The summed E-state index contributed by atoms with van der Waals surface area (Å²) in [6.45, 7) is 0.858. The van der Waals surface area contributed by atoms with E-state index < -0.39 is 17.8 Å². The molecule has 1 aliphatic rings. The van der Waals surface area contributed by atoms with Crippen LogP contribution in [0.4, 0.5) is 19.0 Å². The molecule has 1 amide bonds. The smallest absolute Gasteiger partial charge is 0.365 e. The molecule has 1 fully saturated rings. The van der Waals surface area contributed by atoms with Gasteiger partial charge < -0.3 is 16.4 Å². The minimum Gasteiger partial charge on any atom is -0.365 e. The standard InChI is InChI=1S/C12H15F3N4O/c13-12(14,15)9-4-3-8(10(17)20)11(18-9)19-5-1-2-7(16)6-19/h3-4,7H,1-2,5-6,16H2,(H2,17,20)/t7-/m1/s1. The average Bonchev–Trinajstić information content (AvgIpc) is 2.37. The molecule has 0 saturated carbocycles. The average molecular weight is 288 g/mol. The van der Waals surface area contributed by atoms with Crippen LogP contribution in [0.5, 0.6) is 0 Å². The molecule has 5 nitrogen and oxygen atoms in total. The molecule has 0 aromatic carbocycles. The largest absolute Gasteiger partial charge is 0.433 e. The summed E-state index contributed by atoms with van der Waals surface area (Å²) in [5.74, 6) is -0.845. The maximum Gasteiger partial charge on any atom is 0.433 e. The van der Waals surface area contributed by atoms with Gasteiger partial charge in [-0.25, -0.2) is 4.98 Å². The van der Waals surface area contributed by atoms with E-state index in [2.05, 4.69) is 4.98 Å². The van der Waals surface area contributed by atoms with E-state index in [-0.39, 0.29) is 17.4 Å². The van der Waals surface area contributed by atoms with Gasteiger partial charge in [-0.05, 0) is 25.0 Å². The Morgan fingerprint density at radius 1 is 1.40 bits per heavy atom. The molecule has 0 radical (unpaired) electrons. The van der Waals surface area contributed by atoms with Crippen LogP contribution in [-0.2, 0) is 6.18 Å². The summed E-state index contributed by atoms with van der Waals surface area (Å²) in [5.41, 5.74) is 9.94. The number of nitrogens with two attached hydrogens (primary N) is 2. The summed E-state index contributed by atoms with van der Waals surface area (Å²) in [4.78, 5) is 16.5. The molecule has 110 valence electrons. The van der Waals surface area contributed by atoms with Gasteiger partial charge in [-0.2, -0.15) is 13.2 Å². The second kappa shape index (κ2) is 5.28. The highest BCUT2D eigenvalue weighted by Crippen LogP contribution is 2.31. The van der Waals surface area contributed by atoms with Crippen LogP contribution in [0.2, 0.25) is 0 Å². The van der Waals surface area contributed by atoms with Crippen LogP contribution in [0.1, 0.15) is 28.9 Å². The third kappa shape index (κ3) is 3.01. The third-order valence-electron chi connectivity index (χ3n) is 3.19. The Hall–Kier alpha value is -1.83. The van der Waals surface area contributed by atoms with E-state index in [1.165, 1.54) is 0 Å². The first-order valence-electron chi connectivity index (χ1n) is 6.17. The number of hydrogen-bond donors (Lipinski definition) is 2. The predicted octanol–water partition coefficient (Wildman–Crippen LogP) is 1.13. The molecule has 1 aromatic rings. The number of anilines is 1. The Morgan fingerprint density at radius 3 is 2.65 bits per heavy atom. The van der Waals surface area contributed by atoms with E-state index in [0.29, 0.717) is 13.1 Å². The predicted molar refractivity (Wildman–Crippen MR) is 67.2 cm³/mol. The van der Waals surface area contributed by atoms with Crippen molar-refractivity contribution in [3.05, 3.63) is 23.4 Å². The van der Waals surface area contributed by atoms with Gasteiger partial charge in [0.15, 0.2) is 0 Å². The fraction of sp³-hybridized carbons (Fsp3) is 0.500. The number of aromatic nitrogens is 1. The Balaban J connectivity index is 2.44. The molecule has 8 heteroatoms. The number of piperidine rings is 1. The van der Waals surface area contributed by atoms with Crippen molar-refractivity contribution in [2.45, 2.75) is 25.1 Å². The molecule has 0 aliphatic carbocycles. The van der Waals surface area contributed by atoms with Crippen LogP contribution in [0.3, 0.4) is 0 Å². The van der Waals surface area contributed by atoms with Crippen LogP contribution in [-0.4, -0.2) is 30.0 Å². The minimum absolute atomic E-state index is 0.0212. The molecule has 0 spiro atoms. The highest BCUT2D eigenvalue weighted by Gasteiger charge is 2.34. The number of hydrogen-bond acceptors (Lipinski definition) is 4. The maximum absolute atomic E-state index is 12.7. The van der Waals surface area contributed by atoms with Gasteiger partial charge >= 0.3 is 6.18 Å². The summed E-state index contributed by atoms with van der Waals surface area (Å²) < 4.78 is 38.2. The molecule has 1 aromatic heterocycles. The van der Waals surface area contributed by atoms with Crippen molar-refractivity contribution in [3.8, 4) is 0 Å². The lowest BCUT2D eigenvalue weighted by atomic mass is 10.1. The molecule has 2 heterocycles. The molecule has 0 bridgehead atoms. The first-order valence-corrected chi connectivity index (χ1v) is 6.17. The molecule has 0 unspecified atom stereocenters. The van der Waals surface area contributed by atoms with Crippen molar-refractivity contribution in [2.75, 3.05) is 18.0 Å². The van der Waals surface area contributed by atoms with E-state index in [9.17, 15) is 18.0 Å². The van der Waals surface area contributed by atoms with Gasteiger partial charge in [0.2, 0.25) is 0 Å². The number of halogens is 3. The highest BCUT2D eigenvalue weighted by molar-refractivity contribution is 5.97. The van der Waals surface area contributed by atoms with E-state index in [0.717, 1.165) is 25.0 Å². The van der Waals surface area contributed by atoms with Gasteiger partial charge in [-0.15, -0.1) is 0 Å². The molecule has 20 heavy (non-hydrogen) atoms. The summed E-state index contributed by atoms with van der Waals surface area (Å²) in [5, 5.41) is 0. The lowest BCUT2D eigenvalue weighted by Gasteiger charge is -2.32. The summed E-state index contributed by atoms with van der Waals surface area (Å²) in [7, 11) is 0. The molecule has 2 rings (SSSR count). The summed E-state index contributed by atoms with van der Waals surface area (Å²) in [6.07, 6.45) is -3.04. The Kier molecular flexibility index (Phi) is 3.85. The van der Waals surface area contributed by atoms with Gasteiger partial charge in [-0.3, -0.25) is 4.79 Å². The van der Waals surface area contributed by atoms with Crippen molar-refractivity contribution in [3.63, 3.8) is 0 Å². The number of amides is 1. The molecule has 4 N–H and O–H groups in total. The zero-order chi connectivity index (χ0) is 14.9. The van der Waals surface area contributed by atoms with Crippen LogP contribution >= 0.6 is 0 Å². The number of rotatable bonds is 2. The SMILES string of the molecule is NC(=O)c1ccc(C(F)(F)F)nc1N1CCC[C@@H](N)C1. The number of carbonyl (C=O) groups is 1. The number of carbonyl (C=O) groups excluding carboxylic acids is 1. The molecule has 1 aliphatic heterocycles. The van der Waals surface area contributed by atoms with Crippen molar-refractivity contribution >= 4 is 11.7 Å². The fourth-order valence-electron chi connectivity index (χ4n) is 2.24. The van der Waals surface area contributed by atoms with Gasteiger partial charge in [0.1, 0.15) is 11.5 Å². The molecular formula is C12H15F3N4O. The topological polar surface area (TPSA) is 85.2 Å². The lowest BCUT2D eigenvalue weighted by Crippen LogP contribution is -2.44. The molecule has 1 atom stereocenters. The van der Waals surface area contributed by atoms with Gasteiger partial charge in [0.05, 0.1) is 5.56 Å². The lowest BCUT2D eigenvalue weighted by molar-refractivity contribution is -0.141. The quantitative estimate of drug-likeness (QED) is 0.854. The zero-order valence-electron chi connectivity index (χ0n) is 10.7. The number of alkyl halides is 3. The minimum atomic E-state index is -4.57. The second-order valence-electron chi connectivity index (χ2n) is 4.78. The third-order valence-corrected chi connectivity index (χ3v) is 3.19. The Bertz CT molecular complexity index is 518. The molecular weight excluding hydrogens is 273 g/mol. The van der Waals surface area contributed by atoms with Crippen LogP contribution in [0.25, 0.3) is 0 Å².